The molecule has 0 radical (unpaired) electrons. The topological polar surface area (TPSA) is 90.5 Å². The average molecular weight is 476 g/mol. The Morgan fingerprint density at radius 2 is 1.76 bits per heavy atom. The Balaban J connectivity index is 1.26. The molecule has 3 saturated carbocycles. The van der Waals surface area contributed by atoms with Gasteiger partial charge < -0.3 is 21.1 Å². The first-order valence-electron chi connectivity index (χ1n) is 12.7. The summed E-state index contributed by atoms with van der Waals surface area (Å²) in [7, 11) is 0. The summed E-state index contributed by atoms with van der Waals surface area (Å²) >= 11 is 6.40. The zero-order chi connectivity index (χ0) is 23.3. The van der Waals surface area contributed by atoms with Gasteiger partial charge in [-0.3, -0.25) is 4.79 Å². The fourth-order valence-electron chi connectivity index (χ4n) is 6.35. The Hall–Kier alpha value is -1.79. The first kappa shape index (κ1) is 24.3. The molecule has 0 unspecified atom stereocenters. The van der Waals surface area contributed by atoms with E-state index in [0.717, 1.165) is 43.7 Å². The Morgan fingerprint density at radius 1 is 1.03 bits per heavy atom. The zero-order valence-electron chi connectivity index (χ0n) is 19.5. The monoisotopic (exact) mass is 475 g/mol. The van der Waals surface area contributed by atoms with E-state index in [1.807, 2.05) is 18.2 Å². The minimum atomic E-state index is -0.945. The number of amides is 2. The number of carboxylic acid groups (broad SMARTS) is 1. The molecule has 3 aliphatic carbocycles. The summed E-state index contributed by atoms with van der Waals surface area (Å²) in [5.74, 6) is 1.22. The number of carbonyl (C=O) groups excluding carboxylic acids is 1. The Morgan fingerprint density at radius 3 is 2.45 bits per heavy atom. The van der Waals surface area contributed by atoms with Crippen molar-refractivity contribution in [2.75, 3.05) is 13.1 Å². The second-order valence-electron chi connectivity index (χ2n) is 10.6. The van der Waals surface area contributed by atoms with Gasteiger partial charge in [0.25, 0.3) is 5.91 Å². The summed E-state index contributed by atoms with van der Waals surface area (Å²) < 4.78 is 0. The van der Waals surface area contributed by atoms with E-state index in [1.54, 1.807) is 0 Å². The molecule has 182 valence electrons. The number of nitrogens with one attached hydrogen (secondary N) is 3. The van der Waals surface area contributed by atoms with Gasteiger partial charge in [0, 0.05) is 25.7 Å². The number of hydrogen-bond acceptors (Lipinski definition) is 3. The van der Waals surface area contributed by atoms with Crippen LogP contribution in [0, 0.1) is 17.3 Å². The highest BCUT2D eigenvalue weighted by Crippen LogP contribution is 2.48. The lowest BCUT2D eigenvalue weighted by molar-refractivity contribution is 0.0681. The molecular weight excluding hydrogens is 438 g/mol. The zero-order valence-corrected chi connectivity index (χ0v) is 20.3. The summed E-state index contributed by atoms with van der Waals surface area (Å²) in [6.07, 6.45) is 12.2. The van der Waals surface area contributed by atoms with Crippen LogP contribution in [0.4, 0.5) is 4.79 Å². The number of benzene rings is 1. The SMILES string of the molecule is O=C(O)NCC1CCC(NCc2ccc(Cl)c(C(=O)NCC34CCCC(CCC3)C4)c2)CC1. The number of rotatable bonds is 8. The molecule has 4 N–H and O–H groups in total. The predicted octanol–water partition coefficient (Wildman–Crippen LogP) is 5.35. The molecule has 33 heavy (non-hydrogen) atoms. The van der Waals surface area contributed by atoms with Crippen molar-refractivity contribution in [3.8, 4) is 0 Å². The number of halogens is 1. The standard InChI is InChI=1S/C26H38ClN3O3/c27-23-10-7-20(16-28-21-8-5-19(6-9-21)15-29-25(32)33)13-22(23)24(31)30-17-26-11-1-3-18(14-26)4-2-12-26/h7,10,13,18-19,21,28-29H,1-6,8-9,11-12,14-17H2,(H,30,31)(H,32,33). The van der Waals surface area contributed by atoms with Gasteiger partial charge in [0.2, 0.25) is 0 Å². The van der Waals surface area contributed by atoms with Crippen LogP contribution in [0.2, 0.25) is 5.02 Å². The van der Waals surface area contributed by atoms with Crippen LogP contribution >= 0.6 is 11.6 Å². The van der Waals surface area contributed by atoms with Crippen LogP contribution in [0.1, 0.15) is 86.6 Å². The Bertz CT molecular complexity index is 828. The van der Waals surface area contributed by atoms with Crippen LogP contribution in [0.5, 0.6) is 0 Å². The molecule has 1 aromatic rings. The molecule has 3 aliphatic rings. The van der Waals surface area contributed by atoms with E-state index in [4.69, 9.17) is 16.7 Å². The van der Waals surface area contributed by atoms with Crippen molar-refractivity contribution >= 4 is 23.6 Å². The summed E-state index contributed by atoms with van der Waals surface area (Å²) in [4.78, 5) is 23.7. The molecule has 3 fully saturated rings. The van der Waals surface area contributed by atoms with Gasteiger partial charge in [-0.05, 0) is 79.9 Å². The molecule has 2 amide bonds. The van der Waals surface area contributed by atoms with Gasteiger partial charge in [0.1, 0.15) is 0 Å². The maximum atomic E-state index is 13.0. The Kier molecular flexibility index (Phi) is 8.18. The average Bonchev–Trinajstić information content (AvgIpc) is 2.81. The van der Waals surface area contributed by atoms with E-state index >= 15 is 0 Å². The van der Waals surface area contributed by atoms with E-state index in [-0.39, 0.29) is 5.91 Å². The quantitative estimate of drug-likeness (QED) is 0.408. The van der Waals surface area contributed by atoms with E-state index in [9.17, 15) is 9.59 Å². The molecule has 1 aromatic carbocycles. The first-order chi connectivity index (χ1) is 15.9. The highest BCUT2D eigenvalue weighted by molar-refractivity contribution is 6.33. The van der Waals surface area contributed by atoms with Crippen molar-refractivity contribution in [1.82, 2.24) is 16.0 Å². The third kappa shape index (κ3) is 6.63. The van der Waals surface area contributed by atoms with Crippen LogP contribution in [-0.4, -0.2) is 36.2 Å². The summed E-state index contributed by atoms with van der Waals surface area (Å²) in [5.41, 5.74) is 1.92. The maximum absolute atomic E-state index is 13.0. The van der Waals surface area contributed by atoms with Crippen molar-refractivity contribution in [3.05, 3.63) is 34.3 Å². The summed E-state index contributed by atoms with van der Waals surface area (Å²) in [6.45, 7) is 2.01. The largest absolute Gasteiger partial charge is 0.465 e. The molecule has 2 bridgehead atoms. The molecule has 6 nitrogen and oxygen atoms in total. The summed E-state index contributed by atoms with van der Waals surface area (Å²) in [6, 6.07) is 6.16. The smallest absolute Gasteiger partial charge is 0.404 e. The lowest BCUT2D eigenvalue weighted by Gasteiger charge is -2.45. The minimum Gasteiger partial charge on any atom is -0.465 e. The van der Waals surface area contributed by atoms with Gasteiger partial charge in [-0.1, -0.05) is 43.4 Å². The van der Waals surface area contributed by atoms with Crippen molar-refractivity contribution < 1.29 is 14.7 Å². The molecule has 4 rings (SSSR count). The van der Waals surface area contributed by atoms with Crippen LogP contribution < -0.4 is 16.0 Å². The third-order valence-corrected chi connectivity index (χ3v) is 8.57. The van der Waals surface area contributed by atoms with Crippen molar-refractivity contribution in [2.45, 2.75) is 83.2 Å². The van der Waals surface area contributed by atoms with Gasteiger partial charge in [-0.15, -0.1) is 0 Å². The van der Waals surface area contributed by atoms with Crippen LogP contribution in [-0.2, 0) is 6.54 Å². The van der Waals surface area contributed by atoms with Crippen molar-refractivity contribution in [1.29, 1.82) is 0 Å². The summed E-state index contributed by atoms with van der Waals surface area (Å²) in [5, 5.41) is 18.6. The van der Waals surface area contributed by atoms with Gasteiger partial charge in [0.15, 0.2) is 0 Å². The van der Waals surface area contributed by atoms with E-state index in [0.29, 0.717) is 41.1 Å². The molecule has 0 aromatic heterocycles. The normalized spacial score (nSPS) is 29.3. The van der Waals surface area contributed by atoms with Crippen molar-refractivity contribution in [2.24, 2.45) is 17.3 Å². The van der Waals surface area contributed by atoms with Crippen LogP contribution in [0.25, 0.3) is 0 Å². The van der Waals surface area contributed by atoms with Crippen molar-refractivity contribution in [3.63, 3.8) is 0 Å². The molecular formula is C26H38ClN3O3. The molecule has 0 atom stereocenters. The van der Waals surface area contributed by atoms with Gasteiger partial charge in [-0.2, -0.15) is 0 Å². The molecule has 7 heteroatoms. The van der Waals surface area contributed by atoms with Gasteiger partial charge >= 0.3 is 6.09 Å². The lowest BCUT2D eigenvalue weighted by atomic mass is 9.62. The Labute approximate surface area is 202 Å². The second kappa shape index (κ2) is 11.1. The molecule has 0 heterocycles. The lowest BCUT2D eigenvalue weighted by Crippen LogP contribution is -2.43. The predicted molar refractivity (Wildman–Crippen MR) is 131 cm³/mol. The highest BCUT2D eigenvalue weighted by atomic mass is 35.5. The third-order valence-electron chi connectivity index (χ3n) is 8.24. The minimum absolute atomic E-state index is 0.0599. The fourth-order valence-corrected chi connectivity index (χ4v) is 6.56. The van der Waals surface area contributed by atoms with Crippen LogP contribution in [0.15, 0.2) is 18.2 Å². The molecule has 0 aliphatic heterocycles. The number of fused-ring (bicyclic) bond motifs is 2. The first-order valence-corrected chi connectivity index (χ1v) is 13.1. The number of hydrogen-bond donors (Lipinski definition) is 4. The molecule has 0 saturated heterocycles. The second-order valence-corrected chi connectivity index (χ2v) is 11.0. The van der Waals surface area contributed by atoms with Gasteiger partial charge in [0.05, 0.1) is 10.6 Å². The fraction of sp³-hybridized carbons (Fsp3) is 0.692. The van der Waals surface area contributed by atoms with E-state index in [1.165, 1.54) is 44.9 Å². The van der Waals surface area contributed by atoms with Gasteiger partial charge in [-0.25, -0.2) is 4.79 Å². The van der Waals surface area contributed by atoms with E-state index in [2.05, 4.69) is 16.0 Å². The maximum Gasteiger partial charge on any atom is 0.404 e. The van der Waals surface area contributed by atoms with E-state index < -0.39 is 6.09 Å². The van der Waals surface area contributed by atoms with Crippen LogP contribution in [0.3, 0.4) is 0 Å². The molecule has 0 spiro atoms. The number of carbonyl (C=O) groups is 2. The highest BCUT2D eigenvalue weighted by Gasteiger charge is 2.39.